The fourth-order valence-electron chi connectivity index (χ4n) is 2.05. The van der Waals surface area contributed by atoms with Crippen LogP contribution >= 0.6 is 15.9 Å². The van der Waals surface area contributed by atoms with Crippen molar-refractivity contribution in [1.82, 2.24) is 9.78 Å². The second kappa shape index (κ2) is 7.26. The quantitative estimate of drug-likeness (QED) is 0.837. The van der Waals surface area contributed by atoms with Gasteiger partial charge in [-0.05, 0) is 43.1 Å². The molecule has 0 bridgehead atoms. The molecule has 0 fully saturated rings. The first-order chi connectivity index (χ1) is 8.52. The molecule has 0 aromatic carbocycles. The zero-order valence-electron chi connectivity index (χ0n) is 11.6. The average Bonchev–Trinajstić information content (AvgIpc) is 2.70. The third-order valence-electron chi connectivity index (χ3n) is 2.86. The fourth-order valence-corrected chi connectivity index (χ4v) is 2.55. The van der Waals surface area contributed by atoms with Crippen molar-refractivity contribution in [1.29, 1.82) is 0 Å². The van der Waals surface area contributed by atoms with Gasteiger partial charge >= 0.3 is 0 Å². The zero-order chi connectivity index (χ0) is 13.7. The third kappa shape index (κ3) is 3.56. The van der Waals surface area contributed by atoms with E-state index in [9.17, 15) is 5.11 Å². The zero-order valence-corrected chi connectivity index (χ0v) is 13.1. The van der Waals surface area contributed by atoms with Crippen LogP contribution in [0, 0.1) is 0 Å². The maximum absolute atomic E-state index is 10.5. The number of aromatic nitrogens is 2. The van der Waals surface area contributed by atoms with Crippen LogP contribution in [0.2, 0.25) is 0 Å². The molecule has 18 heavy (non-hydrogen) atoms. The Bertz CT molecular complexity index is 360. The Labute approximate surface area is 117 Å². The standard InChI is InChI=1S/C13H23BrN2O2/c1-5-7-11(18-6-2)13(17)12-10(14)8-15-16(12)9(3)4/h8-9,11,13,17H,5-7H2,1-4H3. The molecule has 0 saturated carbocycles. The Morgan fingerprint density at radius 2 is 2.11 bits per heavy atom. The smallest absolute Gasteiger partial charge is 0.123 e. The first kappa shape index (κ1) is 15.7. The monoisotopic (exact) mass is 318 g/mol. The highest BCUT2D eigenvalue weighted by atomic mass is 79.9. The number of hydrogen-bond acceptors (Lipinski definition) is 3. The number of halogens is 1. The van der Waals surface area contributed by atoms with Crippen LogP contribution < -0.4 is 0 Å². The molecular weight excluding hydrogens is 296 g/mol. The van der Waals surface area contributed by atoms with Gasteiger partial charge in [0, 0.05) is 12.6 Å². The van der Waals surface area contributed by atoms with Crippen LogP contribution in [0.4, 0.5) is 0 Å². The summed E-state index contributed by atoms with van der Waals surface area (Å²) < 4.78 is 8.33. The fraction of sp³-hybridized carbons (Fsp3) is 0.769. The molecule has 0 aliphatic carbocycles. The Hall–Kier alpha value is -0.390. The molecule has 1 heterocycles. The predicted molar refractivity (Wildman–Crippen MR) is 75.6 cm³/mol. The summed E-state index contributed by atoms with van der Waals surface area (Å²) in [4.78, 5) is 0. The first-order valence-corrected chi connectivity index (χ1v) is 7.34. The molecular formula is C13H23BrN2O2. The van der Waals surface area contributed by atoms with E-state index in [-0.39, 0.29) is 12.1 Å². The minimum absolute atomic E-state index is 0.175. The second-order valence-corrected chi connectivity index (χ2v) is 5.50. The molecule has 1 rings (SSSR count). The van der Waals surface area contributed by atoms with E-state index in [0.717, 1.165) is 23.0 Å². The topological polar surface area (TPSA) is 47.3 Å². The van der Waals surface area contributed by atoms with Crippen molar-refractivity contribution in [3.63, 3.8) is 0 Å². The lowest BCUT2D eigenvalue weighted by molar-refractivity contribution is -0.0426. The molecule has 4 nitrogen and oxygen atoms in total. The minimum Gasteiger partial charge on any atom is -0.384 e. The van der Waals surface area contributed by atoms with Crippen molar-refractivity contribution in [3.05, 3.63) is 16.4 Å². The molecule has 1 N–H and O–H groups in total. The molecule has 2 unspecified atom stereocenters. The van der Waals surface area contributed by atoms with E-state index in [2.05, 4.69) is 28.0 Å². The second-order valence-electron chi connectivity index (χ2n) is 4.64. The number of nitrogens with zero attached hydrogens (tertiary/aromatic N) is 2. The Kier molecular flexibility index (Phi) is 6.32. The SMILES string of the molecule is CCCC(OCC)C(O)c1c(Br)cnn1C(C)C. The Morgan fingerprint density at radius 1 is 1.44 bits per heavy atom. The summed E-state index contributed by atoms with van der Waals surface area (Å²) in [7, 11) is 0. The summed E-state index contributed by atoms with van der Waals surface area (Å²) in [6.45, 7) is 8.74. The van der Waals surface area contributed by atoms with Gasteiger partial charge in [0.1, 0.15) is 6.10 Å². The van der Waals surface area contributed by atoms with Gasteiger partial charge in [-0.2, -0.15) is 5.10 Å². The van der Waals surface area contributed by atoms with Gasteiger partial charge in [0.2, 0.25) is 0 Å². The van der Waals surface area contributed by atoms with Crippen LogP contribution in [0.3, 0.4) is 0 Å². The van der Waals surface area contributed by atoms with Gasteiger partial charge in [0.15, 0.2) is 0 Å². The molecule has 5 heteroatoms. The molecule has 0 aliphatic rings. The lowest BCUT2D eigenvalue weighted by Crippen LogP contribution is -2.25. The van der Waals surface area contributed by atoms with Gasteiger partial charge in [-0.15, -0.1) is 0 Å². The van der Waals surface area contributed by atoms with E-state index in [1.807, 2.05) is 25.5 Å². The average molecular weight is 319 g/mol. The molecule has 104 valence electrons. The van der Waals surface area contributed by atoms with Crippen LogP contribution in [-0.2, 0) is 4.74 Å². The molecule has 0 saturated heterocycles. The van der Waals surface area contributed by atoms with Crippen LogP contribution in [0.15, 0.2) is 10.7 Å². The highest BCUT2D eigenvalue weighted by molar-refractivity contribution is 9.10. The molecule has 1 aromatic heterocycles. The molecule has 0 amide bonds. The summed E-state index contributed by atoms with van der Waals surface area (Å²) >= 11 is 3.46. The van der Waals surface area contributed by atoms with Crippen molar-refractivity contribution < 1.29 is 9.84 Å². The van der Waals surface area contributed by atoms with E-state index in [4.69, 9.17) is 4.74 Å². The molecule has 2 atom stereocenters. The van der Waals surface area contributed by atoms with Crippen molar-refractivity contribution in [2.24, 2.45) is 0 Å². The predicted octanol–water partition coefficient (Wildman–Crippen LogP) is 3.47. The van der Waals surface area contributed by atoms with Crippen LogP contribution in [0.1, 0.15) is 58.4 Å². The first-order valence-electron chi connectivity index (χ1n) is 6.55. The number of hydrogen-bond donors (Lipinski definition) is 1. The molecule has 1 aromatic rings. The van der Waals surface area contributed by atoms with E-state index < -0.39 is 6.10 Å². The van der Waals surface area contributed by atoms with Gasteiger partial charge in [0.25, 0.3) is 0 Å². The van der Waals surface area contributed by atoms with Gasteiger partial charge in [-0.25, -0.2) is 0 Å². The lowest BCUT2D eigenvalue weighted by Gasteiger charge is -2.24. The van der Waals surface area contributed by atoms with Crippen molar-refractivity contribution in [2.45, 2.75) is 58.8 Å². The molecule has 0 radical (unpaired) electrons. The number of aliphatic hydroxyl groups excluding tert-OH is 1. The van der Waals surface area contributed by atoms with Crippen LogP contribution in [0.25, 0.3) is 0 Å². The van der Waals surface area contributed by atoms with Crippen molar-refractivity contribution in [2.75, 3.05) is 6.61 Å². The summed E-state index contributed by atoms with van der Waals surface area (Å²) in [6, 6.07) is 0.213. The number of ether oxygens (including phenoxy) is 1. The molecule has 0 spiro atoms. The van der Waals surface area contributed by atoms with E-state index in [1.165, 1.54) is 0 Å². The van der Waals surface area contributed by atoms with Crippen LogP contribution in [0.5, 0.6) is 0 Å². The van der Waals surface area contributed by atoms with E-state index in [1.54, 1.807) is 6.20 Å². The van der Waals surface area contributed by atoms with Gasteiger partial charge in [-0.3, -0.25) is 4.68 Å². The Morgan fingerprint density at radius 3 is 2.61 bits per heavy atom. The van der Waals surface area contributed by atoms with Gasteiger partial charge in [0.05, 0.1) is 22.5 Å². The third-order valence-corrected chi connectivity index (χ3v) is 3.47. The van der Waals surface area contributed by atoms with E-state index >= 15 is 0 Å². The van der Waals surface area contributed by atoms with Crippen molar-refractivity contribution >= 4 is 15.9 Å². The summed E-state index contributed by atoms with van der Waals surface area (Å²) in [5, 5.41) is 14.8. The van der Waals surface area contributed by atoms with Crippen LogP contribution in [-0.4, -0.2) is 27.6 Å². The minimum atomic E-state index is -0.649. The largest absolute Gasteiger partial charge is 0.384 e. The Balaban J connectivity index is 2.99. The number of rotatable bonds is 7. The van der Waals surface area contributed by atoms with Crippen molar-refractivity contribution in [3.8, 4) is 0 Å². The normalized spacial score (nSPS) is 15.1. The summed E-state index contributed by atoms with van der Waals surface area (Å²) in [5.41, 5.74) is 0.803. The maximum atomic E-state index is 10.5. The lowest BCUT2D eigenvalue weighted by atomic mass is 10.1. The number of aliphatic hydroxyl groups is 1. The van der Waals surface area contributed by atoms with Gasteiger partial charge < -0.3 is 9.84 Å². The highest BCUT2D eigenvalue weighted by Gasteiger charge is 2.27. The molecule has 0 aliphatic heterocycles. The highest BCUT2D eigenvalue weighted by Crippen LogP contribution is 2.30. The van der Waals surface area contributed by atoms with Gasteiger partial charge in [-0.1, -0.05) is 13.3 Å². The maximum Gasteiger partial charge on any atom is 0.123 e. The summed E-state index contributed by atoms with van der Waals surface area (Å²) in [6.07, 6.45) is 2.72. The van der Waals surface area contributed by atoms with E-state index in [0.29, 0.717) is 6.61 Å². The summed E-state index contributed by atoms with van der Waals surface area (Å²) in [5.74, 6) is 0.